The highest BCUT2D eigenvalue weighted by Gasteiger charge is 2.10. The van der Waals surface area contributed by atoms with Gasteiger partial charge in [0, 0.05) is 6.54 Å². The smallest absolute Gasteiger partial charge is 0.191 e. The number of methoxy groups -OCH3 is 1. The zero-order valence-electron chi connectivity index (χ0n) is 10.1. The van der Waals surface area contributed by atoms with Gasteiger partial charge in [0.25, 0.3) is 0 Å². The van der Waals surface area contributed by atoms with Crippen molar-refractivity contribution in [1.29, 1.82) is 0 Å². The molecule has 0 fully saturated rings. The minimum atomic E-state index is 0. The lowest BCUT2D eigenvalue weighted by molar-refractivity contribution is 0.414. The van der Waals surface area contributed by atoms with Gasteiger partial charge >= 0.3 is 0 Å². The molecule has 0 spiro atoms. The largest absolute Gasteiger partial charge is 0.497 e. The third-order valence-corrected chi connectivity index (χ3v) is 2.64. The fourth-order valence-corrected chi connectivity index (χ4v) is 1.68. The maximum atomic E-state index is 5.13. The molecule has 2 N–H and O–H groups in total. The summed E-state index contributed by atoms with van der Waals surface area (Å²) in [5.74, 6) is 1.77. The molecule has 0 radical (unpaired) electrons. The summed E-state index contributed by atoms with van der Waals surface area (Å²) in [5, 5.41) is 6.52. The number of rotatable bonds is 3. The van der Waals surface area contributed by atoms with E-state index in [9.17, 15) is 0 Å². The number of hydrogen-bond acceptors (Lipinski definition) is 4. The van der Waals surface area contributed by atoms with Crippen LogP contribution in [0.4, 0.5) is 0 Å². The Balaban J connectivity index is 0.00000144. The van der Waals surface area contributed by atoms with Crippen molar-refractivity contribution in [1.82, 2.24) is 10.6 Å². The van der Waals surface area contributed by atoms with Gasteiger partial charge in [-0.3, -0.25) is 4.99 Å². The number of nitrogens with zero attached hydrogens (tertiary/aromatic N) is 1. The van der Waals surface area contributed by atoms with E-state index in [4.69, 9.17) is 4.74 Å². The van der Waals surface area contributed by atoms with Gasteiger partial charge in [0.2, 0.25) is 0 Å². The number of aliphatic imine (C=N–C) groups is 1. The molecule has 17 heavy (non-hydrogen) atoms. The van der Waals surface area contributed by atoms with Crippen LogP contribution < -0.4 is 15.4 Å². The van der Waals surface area contributed by atoms with E-state index in [1.165, 1.54) is 5.56 Å². The van der Waals surface area contributed by atoms with Crippen molar-refractivity contribution in [3.63, 3.8) is 0 Å². The van der Waals surface area contributed by atoms with Crippen molar-refractivity contribution in [2.75, 3.05) is 20.2 Å². The van der Waals surface area contributed by atoms with Crippen molar-refractivity contribution >= 4 is 29.9 Å². The first-order chi connectivity index (χ1) is 7.79. The molecule has 0 aliphatic carbocycles. The maximum absolute atomic E-state index is 5.13. The Hall–Kier alpha value is -0.980. The minimum Gasteiger partial charge on any atom is -0.497 e. The second-order valence-corrected chi connectivity index (χ2v) is 3.80. The lowest BCUT2D eigenvalue weighted by Gasteiger charge is -2.15. The van der Waals surface area contributed by atoms with E-state index in [0.29, 0.717) is 0 Å². The van der Waals surface area contributed by atoms with Crippen molar-refractivity contribution < 1.29 is 4.74 Å². The van der Waals surface area contributed by atoms with E-state index in [1.807, 2.05) is 12.1 Å². The molecule has 1 aromatic rings. The summed E-state index contributed by atoms with van der Waals surface area (Å²) in [4.78, 5) is 4.30. The van der Waals surface area contributed by atoms with E-state index in [2.05, 4.69) is 34.7 Å². The summed E-state index contributed by atoms with van der Waals surface area (Å²) in [6.07, 6.45) is 0. The number of nitrogens with one attached hydrogen (secondary N) is 2. The first-order valence-corrected chi connectivity index (χ1v) is 5.48. The fraction of sp³-hybridized carbons (Fsp3) is 0.417. The first kappa shape index (κ1) is 14.1. The van der Waals surface area contributed by atoms with Crippen LogP contribution in [0, 0.1) is 0 Å². The molecule has 0 saturated carbocycles. The van der Waals surface area contributed by atoms with Crippen LogP contribution in [-0.4, -0.2) is 26.2 Å². The van der Waals surface area contributed by atoms with Crippen molar-refractivity contribution in [3.05, 3.63) is 29.8 Å². The SMILES string of the molecule is COc1ccc([C@@H](C)NC2=NCCN2)cc1.I. The van der Waals surface area contributed by atoms with Gasteiger partial charge in [-0.1, -0.05) is 12.1 Å². The average molecular weight is 347 g/mol. The number of hydrogen-bond donors (Lipinski definition) is 2. The molecule has 1 atom stereocenters. The van der Waals surface area contributed by atoms with E-state index < -0.39 is 0 Å². The van der Waals surface area contributed by atoms with Gasteiger partial charge in [-0.05, 0) is 24.6 Å². The summed E-state index contributed by atoms with van der Waals surface area (Å²) in [6.45, 7) is 3.90. The highest BCUT2D eigenvalue weighted by atomic mass is 127. The third-order valence-electron chi connectivity index (χ3n) is 2.64. The van der Waals surface area contributed by atoms with Gasteiger partial charge < -0.3 is 15.4 Å². The second-order valence-electron chi connectivity index (χ2n) is 3.80. The van der Waals surface area contributed by atoms with Crippen LogP contribution in [0.5, 0.6) is 5.75 Å². The number of guanidine groups is 1. The van der Waals surface area contributed by atoms with E-state index >= 15 is 0 Å². The predicted octanol–water partition coefficient (Wildman–Crippen LogP) is 1.92. The van der Waals surface area contributed by atoms with Gasteiger partial charge in [-0.15, -0.1) is 24.0 Å². The van der Waals surface area contributed by atoms with Gasteiger partial charge in [0.1, 0.15) is 5.75 Å². The Kier molecular flexibility index (Phi) is 5.54. The van der Waals surface area contributed by atoms with E-state index in [0.717, 1.165) is 24.8 Å². The Bertz CT molecular complexity index is 378. The standard InChI is InChI=1S/C12H17N3O.HI/c1-9(15-12-13-7-8-14-12)10-3-5-11(16-2)6-4-10;/h3-6,9H,7-8H2,1-2H3,(H2,13,14,15);1H/t9-;/m1./s1. The molecule has 0 aromatic heterocycles. The monoisotopic (exact) mass is 347 g/mol. The summed E-state index contributed by atoms with van der Waals surface area (Å²) in [6, 6.07) is 8.31. The lowest BCUT2D eigenvalue weighted by Crippen LogP contribution is -2.35. The van der Waals surface area contributed by atoms with Crippen LogP contribution >= 0.6 is 24.0 Å². The van der Waals surface area contributed by atoms with Crippen LogP contribution in [0.3, 0.4) is 0 Å². The number of ether oxygens (including phenoxy) is 1. The molecule has 0 saturated heterocycles. The molecule has 5 heteroatoms. The molecule has 0 unspecified atom stereocenters. The summed E-state index contributed by atoms with van der Waals surface area (Å²) < 4.78 is 5.13. The molecule has 1 aromatic carbocycles. The summed E-state index contributed by atoms with van der Waals surface area (Å²) >= 11 is 0. The zero-order valence-corrected chi connectivity index (χ0v) is 12.4. The Morgan fingerprint density at radius 3 is 2.59 bits per heavy atom. The molecule has 0 amide bonds. The third kappa shape index (κ3) is 3.76. The van der Waals surface area contributed by atoms with Crippen LogP contribution in [-0.2, 0) is 0 Å². The normalized spacial score (nSPS) is 15.3. The second kappa shape index (κ2) is 6.68. The Labute approximate surface area is 119 Å². The van der Waals surface area contributed by atoms with E-state index in [1.54, 1.807) is 7.11 Å². The number of benzene rings is 1. The predicted molar refractivity (Wildman–Crippen MR) is 80.3 cm³/mol. The van der Waals surface area contributed by atoms with Crippen LogP contribution in [0.25, 0.3) is 0 Å². The first-order valence-electron chi connectivity index (χ1n) is 5.48. The quantitative estimate of drug-likeness (QED) is 0.822. The molecular weight excluding hydrogens is 329 g/mol. The molecule has 2 rings (SSSR count). The molecule has 94 valence electrons. The highest BCUT2D eigenvalue weighted by molar-refractivity contribution is 14.0. The molecule has 4 nitrogen and oxygen atoms in total. The average Bonchev–Trinajstić information content (AvgIpc) is 2.82. The molecule has 0 bridgehead atoms. The topological polar surface area (TPSA) is 45.6 Å². The van der Waals surface area contributed by atoms with Crippen molar-refractivity contribution in [3.8, 4) is 5.75 Å². The summed E-state index contributed by atoms with van der Waals surface area (Å²) in [5.41, 5.74) is 1.22. The molecular formula is C12H18IN3O. The van der Waals surface area contributed by atoms with Gasteiger partial charge in [-0.25, -0.2) is 0 Å². The van der Waals surface area contributed by atoms with Crippen molar-refractivity contribution in [2.24, 2.45) is 4.99 Å². The van der Waals surface area contributed by atoms with Gasteiger partial charge in [-0.2, -0.15) is 0 Å². The molecule has 1 aliphatic heterocycles. The van der Waals surface area contributed by atoms with Crippen molar-refractivity contribution in [2.45, 2.75) is 13.0 Å². The van der Waals surface area contributed by atoms with Crippen LogP contribution in [0.15, 0.2) is 29.3 Å². The zero-order chi connectivity index (χ0) is 11.4. The lowest BCUT2D eigenvalue weighted by atomic mass is 10.1. The number of halogens is 1. The Morgan fingerprint density at radius 2 is 2.06 bits per heavy atom. The fourth-order valence-electron chi connectivity index (χ4n) is 1.68. The maximum Gasteiger partial charge on any atom is 0.191 e. The van der Waals surface area contributed by atoms with Gasteiger partial charge in [0.15, 0.2) is 5.96 Å². The summed E-state index contributed by atoms with van der Waals surface area (Å²) in [7, 11) is 1.67. The molecule has 1 heterocycles. The highest BCUT2D eigenvalue weighted by Crippen LogP contribution is 2.17. The molecule has 1 aliphatic rings. The van der Waals surface area contributed by atoms with Gasteiger partial charge in [0.05, 0.1) is 19.7 Å². The Morgan fingerprint density at radius 1 is 1.35 bits per heavy atom. The van der Waals surface area contributed by atoms with Crippen LogP contribution in [0.2, 0.25) is 0 Å². The van der Waals surface area contributed by atoms with E-state index in [-0.39, 0.29) is 30.0 Å². The van der Waals surface area contributed by atoms with Crippen LogP contribution in [0.1, 0.15) is 18.5 Å². The minimum absolute atomic E-state index is 0.